The monoisotopic (exact) mass is 404 g/mol. The van der Waals surface area contributed by atoms with E-state index in [2.05, 4.69) is 14.6 Å². The quantitative estimate of drug-likeness (QED) is 0.692. The third kappa shape index (κ3) is 4.86. The second-order valence-corrected chi connectivity index (χ2v) is 8.15. The normalized spacial score (nSPS) is 14.9. The molecule has 0 spiro atoms. The molecule has 2 aromatic rings. The zero-order valence-electron chi connectivity index (χ0n) is 15.7. The number of carbonyl (C=O) groups excluding carboxylic acids is 1. The summed E-state index contributed by atoms with van der Waals surface area (Å²) in [5, 5.41) is 0. The number of sulfonamides is 1. The summed E-state index contributed by atoms with van der Waals surface area (Å²) in [5.74, 6) is 0.722. The van der Waals surface area contributed by atoms with E-state index in [1.165, 1.54) is 19.2 Å². The lowest BCUT2D eigenvalue weighted by Crippen LogP contribution is -2.49. The SMILES string of the molecule is COCCNS(=O)(=O)c1cccc(C(=O)N2CCN(c3ccccn3)CC2)c1. The number of nitrogens with one attached hydrogen (secondary N) is 1. The summed E-state index contributed by atoms with van der Waals surface area (Å²) in [6.07, 6.45) is 1.75. The molecule has 1 saturated heterocycles. The van der Waals surface area contributed by atoms with Crippen molar-refractivity contribution in [2.75, 3.05) is 51.3 Å². The van der Waals surface area contributed by atoms with E-state index in [0.717, 1.165) is 5.82 Å². The highest BCUT2D eigenvalue weighted by Crippen LogP contribution is 2.17. The third-order valence-electron chi connectivity index (χ3n) is 4.53. The van der Waals surface area contributed by atoms with Gasteiger partial charge in [-0.15, -0.1) is 0 Å². The zero-order chi connectivity index (χ0) is 20.0. The van der Waals surface area contributed by atoms with E-state index in [4.69, 9.17) is 4.74 Å². The molecule has 1 amide bonds. The van der Waals surface area contributed by atoms with Crippen LogP contribution < -0.4 is 9.62 Å². The largest absolute Gasteiger partial charge is 0.383 e. The fraction of sp³-hybridized carbons (Fsp3) is 0.368. The fourth-order valence-electron chi connectivity index (χ4n) is 3.02. The summed E-state index contributed by atoms with van der Waals surface area (Å²) in [4.78, 5) is 21.1. The highest BCUT2D eigenvalue weighted by Gasteiger charge is 2.24. The Kier molecular flexibility index (Phi) is 6.61. The molecule has 28 heavy (non-hydrogen) atoms. The lowest BCUT2D eigenvalue weighted by Gasteiger charge is -2.35. The van der Waals surface area contributed by atoms with Crippen LogP contribution in [0.2, 0.25) is 0 Å². The van der Waals surface area contributed by atoms with Gasteiger partial charge in [0, 0.05) is 51.6 Å². The lowest BCUT2D eigenvalue weighted by molar-refractivity contribution is 0.0746. The first-order chi connectivity index (χ1) is 13.5. The minimum atomic E-state index is -3.68. The predicted molar refractivity (Wildman–Crippen MR) is 106 cm³/mol. The number of aromatic nitrogens is 1. The first-order valence-electron chi connectivity index (χ1n) is 9.05. The number of pyridine rings is 1. The minimum Gasteiger partial charge on any atom is -0.383 e. The second kappa shape index (κ2) is 9.13. The van der Waals surface area contributed by atoms with Gasteiger partial charge in [0.25, 0.3) is 5.91 Å². The van der Waals surface area contributed by atoms with Gasteiger partial charge in [0.1, 0.15) is 5.82 Å². The number of carbonyl (C=O) groups is 1. The van der Waals surface area contributed by atoms with E-state index in [1.54, 1.807) is 23.2 Å². The van der Waals surface area contributed by atoms with E-state index in [9.17, 15) is 13.2 Å². The second-order valence-electron chi connectivity index (χ2n) is 6.39. The maximum atomic E-state index is 12.8. The van der Waals surface area contributed by atoms with Crippen LogP contribution >= 0.6 is 0 Å². The van der Waals surface area contributed by atoms with Crippen molar-refractivity contribution < 1.29 is 17.9 Å². The molecule has 0 radical (unpaired) electrons. The predicted octanol–water partition coefficient (Wildman–Crippen LogP) is 0.969. The minimum absolute atomic E-state index is 0.0709. The van der Waals surface area contributed by atoms with Crippen molar-refractivity contribution in [1.82, 2.24) is 14.6 Å². The highest BCUT2D eigenvalue weighted by atomic mass is 32.2. The Morgan fingerprint density at radius 3 is 2.61 bits per heavy atom. The van der Waals surface area contributed by atoms with Gasteiger partial charge < -0.3 is 14.5 Å². The number of methoxy groups -OCH3 is 1. The number of hydrogen-bond acceptors (Lipinski definition) is 6. The van der Waals surface area contributed by atoms with Crippen molar-refractivity contribution in [2.24, 2.45) is 0 Å². The Morgan fingerprint density at radius 1 is 1.14 bits per heavy atom. The smallest absolute Gasteiger partial charge is 0.254 e. The molecule has 2 heterocycles. The van der Waals surface area contributed by atoms with Gasteiger partial charge in [-0.1, -0.05) is 12.1 Å². The van der Waals surface area contributed by atoms with Crippen molar-refractivity contribution in [3.63, 3.8) is 0 Å². The number of piperazine rings is 1. The molecule has 0 bridgehead atoms. The Labute approximate surface area is 165 Å². The Balaban J connectivity index is 1.65. The first kappa shape index (κ1) is 20.2. The molecule has 0 aliphatic carbocycles. The molecule has 1 aromatic heterocycles. The first-order valence-corrected chi connectivity index (χ1v) is 10.5. The van der Waals surface area contributed by atoms with Crippen LogP contribution in [0.1, 0.15) is 10.4 Å². The molecule has 1 aliphatic rings. The van der Waals surface area contributed by atoms with Crippen molar-refractivity contribution >= 4 is 21.7 Å². The van der Waals surface area contributed by atoms with Gasteiger partial charge >= 0.3 is 0 Å². The molecule has 150 valence electrons. The van der Waals surface area contributed by atoms with Crippen molar-refractivity contribution in [3.05, 3.63) is 54.2 Å². The zero-order valence-corrected chi connectivity index (χ0v) is 16.6. The van der Waals surface area contributed by atoms with Crippen molar-refractivity contribution in [2.45, 2.75) is 4.90 Å². The van der Waals surface area contributed by atoms with Crippen LogP contribution in [-0.2, 0) is 14.8 Å². The summed E-state index contributed by atoms with van der Waals surface area (Å²) in [7, 11) is -2.18. The Morgan fingerprint density at radius 2 is 1.93 bits per heavy atom. The van der Waals surface area contributed by atoms with E-state index in [0.29, 0.717) is 31.7 Å². The topological polar surface area (TPSA) is 91.8 Å². The number of benzene rings is 1. The van der Waals surface area contributed by atoms with Crippen molar-refractivity contribution in [3.8, 4) is 0 Å². The van der Waals surface area contributed by atoms with E-state index < -0.39 is 10.0 Å². The van der Waals surface area contributed by atoms with Crippen LogP contribution in [0.25, 0.3) is 0 Å². The average molecular weight is 404 g/mol. The number of anilines is 1. The van der Waals surface area contributed by atoms with Gasteiger partial charge in [-0.05, 0) is 30.3 Å². The average Bonchev–Trinajstić information content (AvgIpc) is 2.74. The molecule has 1 N–H and O–H groups in total. The van der Waals surface area contributed by atoms with Gasteiger partial charge in [-0.3, -0.25) is 4.79 Å². The summed E-state index contributed by atoms with van der Waals surface area (Å²) in [6.45, 7) is 2.92. The lowest BCUT2D eigenvalue weighted by atomic mass is 10.2. The molecule has 1 aromatic carbocycles. The van der Waals surface area contributed by atoms with Gasteiger partial charge in [-0.2, -0.15) is 0 Å². The summed E-state index contributed by atoms with van der Waals surface area (Å²) in [5.41, 5.74) is 0.362. The molecular weight excluding hydrogens is 380 g/mol. The summed E-state index contributed by atoms with van der Waals surface area (Å²) < 4.78 is 32.0. The molecular formula is C19H24N4O4S. The van der Waals surface area contributed by atoms with Crippen LogP contribution in [0.5, 0.6) is 0 Å². The van der Waals surface area contributed by atoms with Crippen molar-refractivity contribution in [1.29, 1.82) is 0 Å². The summed E-state index contributed by atoms with van der Waals surface area (Å²) >= 11 is 0. The number of hydrogen-bond donors (Lipinski definition) is 1. The maximum absolute atomic E-state index is 12.8. The van der Waals surface area contributed by atoms with E-state index >= 15 is 0 Å². The van der Waals surface area contributed by atoms with Gasteiger partial charge in [0.2, 0.25) is 10.0 Å². The van der Waals surface area contributed by atoms with Gasteiger partial charge in [-0.25, -0.2) is 18.1 Å². The number of amides is 1. The van der Waals surface area contributed by atoms with Crippen LogP contribution in [0, 0.1) is 0 Å². The molecule has 1 fully saturated rings. The number of nitrogens with zero attached hydrogens (tertiary/aromatic N) is 3. The number of rotatable bonds is 7. The molecule has 0 saturated carbocycles. The molecule has 0 atom stereocenters. The van der Waals surface area contributed by atoms with E-state index in [-0.39, 0.29) is 24.0 Å². The Bertz CT molecular complexity index is 897. The van der Waals surface area contributed by atoms with Crippen LogP contribution in [0.3, 0.4) is 0 Å². The fourth-order valence-corrected chi connectivity index (χ4v) is 4.08. The summed E-state index contributed by atoms with van der Waals surface area (Å²) in [6, 6.07) is 11.9. The standard InChI is InChI=1S/C19H24N4O4S/c1-27-14-9-21-28(25,26)17-6-4-5-16(15-17)19(24)23-12-10-22(11-13-23)18-7-2-3-8-20-18/h2-8,15,21H,9-14H2,1H3. The molecule has 3 rings (SSSR count). The van der Waals surface area contributed by atoms with Crippen LogP contribution in [0.4, 0.5) is 5.82 Å². The third-order valence-corrected chi connectivity index (χ3v) is 5.99. The van der Waals surface area contributed by atoms with Gasteiger partial charge in [0.15, 0.2) is 0 Å². The molecule has 8 nitrogen and oxygen atoms in total. The number of ether oxygens (including phenoxy) is 1. The maximum Gasteiger partial charge on any atom is 0.254 e. The Hall–Kier alpha value is -2.49. The van der Waals surface area contributed by atoms with E-state index in [1.807, 2.05) is 18.2 Å². The highest BCUT2D eigenvalue weighted by molar-refractivity contribution is 7.89. The molecule has 1 aliphatic heterocycles. The van der Waals surface area contributed by atoms with Crippen LogP contribution in [-0.4, -0.2) is 70.6 Å². The molecule has 9 heteroatoms. The molecule has 0 unspecified atom stereocenters. The van der Waals surface area contributed by atoms with Gasteiger partial charge in [0.05, 0.1) is 11.5 Å². The van der Waals surface area contributed by atoms with Crippen LogP contribution in [0.15, 0.2) is 53.6 Å².